The van der Waals surface area contributed by atoms with Crippen LogP contribution in [-0.4, -0.2) is 24.4 Å². The Balaban J connectivity index is 1.54. The number of rotatable bonds is 4. The van der Waals surface area contributed by atoms with E-state index in [2.05, 4.69) is 16.3 Å². The fourth-order valence-corrected chi connectivity index (χ4v) is 7.40. The summed E-state index contributed by atoms with van der Waals surface area (Å²) in [7, 11) is 3.25. The number of hydrogen-bond acceptors (Lipinski definition) is 6. The van der Waals surface area contributed by atoms with Crippen LogP contribution >= 0.6 is 0 Å². The highest BCUT2D eigenvalue weighted by Crippen LogP contribution is 2.62. The number of aromatic amines is 1. The molecular formula is C25H28N4O3. The first-order valence-electron chi connectivity index (χ1n) is 11.4. The molecule has 4 saturated carbocycles. The van der Waals surface area contributed by atoms with Gasteiger partial charge in [-0.2, -0.15) is 5.26 Å². The van der Waals surface area contributed by atoms with Gasteiger partial charge in [-0.1, -0.05) is 0 Å². The minimum absolute atomic E-state index is 0.0760. The summed E-state index contributed by atoms with van der Waals surface area (Å²) >= 11 is 0. The molecule has 5 aliphatic rings. The van der Waals surface area contributed by atoms with Gasteiger partial charge in [-0.15, -0.1) is 5.10 Å². The molecule has 7 heteroatoms. The molecule has 7 rings (SSSR count). The molecule has 1 aromatic carbocycles. The number of aromatic nitrogens is 2. The molecule has 166 valence electrons. The SMILES string of the molecule is COc1cc(OC)cc(C2C(C#N)=C(N)Oc3n[nH]c(C45CC6CC(CC(C6)C4)C5)c32)c1. The van der Waals surface area contributed by atoms with Crippen LogP contribution in [0, 0.1) is 29.1 Å². The second-order valence-electron chi connectivity index (χ2n) is 10.1. The van der Waals surface area contributed by atoms with Gasteiger partial charge in [0.1, 0.15) is 23.1 Å². The van der Waals surface area contributed by atoms with E-state index < -0.39 is 0 Å². The topological polar surface area (TPSA) is 106 Å². The summed E-state index contributed by atoms with van der Waals surface area (Å²) in [6.45, 7) is 0. The van der Waals surface area contributed by atoms with Gasteiger partial charge in [0.2, 0.25) is 11.8 Å². The molecule has 4 bridgehead atoms. The van der Waals surface area contributed by atoms with Gasteiger partial charge >= 0.3 is 0 Å². The highest BCUT2D eigenvalue weighted by molar-refractivity contribution is 5.58. The van der Waals surface area contributed by atoms with Crippen LogP contribution in [0.4, 0.5) is 0 Å². The zero-order valence-corrected chi connectivity index (χ0v) is 18.5. The fraction of sp³-hybridized carbons (Fsp3) is 0.520. The summed E-state index contributed by atoms with van der Waals surface area (Å²) in [5, 5.41) is 18.0. The van der Waals surface area contributed by atoms with Crippen molar-refractivity contribution in [3.05, 3.63) is 46.5 Å². The third kappa shape index (κ3) is 2.75. The maximum Gasteiger partial charge on any atom is 0.244 e. The Morgan fingerprint density at radius 2 is 1.66 bits per heavy atom. The number of benzene rings is 1. The fourth-order valence-electron chi connectivity index (χ4n) is 7.40. The number of nitrogens with two attached hydrogens (primary N) is 1. The van der Waals surface area contributed by atoms with Crippen LogP contribution in [0.3, 0.4) is 0 Å². The van der Waals surface area contributed by atoms with Gasteiger partial charge < -0.3 is 19.9 Å². The minimum Gasteiger partial charge on any atom is -0.497 e. The normalized spacial score (nSPS) is 32.3. The molecule has 4 aliphatic carbocycles. The number of allylic oxidation sites excluding steroid dienone is 1. The highest BCUT2D eigenvalue weighted by atomic mass is 16.5. The number of hydrogen-bond donors (Lipinski definition) is 2. The highest BCUT2D eigenvalue weighted by Gasteiger charge is 2.54. The van der Waals surface area contributed by atoms with E-state index in [1.165, 1.54) is 38.5 Å². The van der Waals surface area contributed by atoms with Crippen molar-refractivity contribution in [1.29, 1.82) is 5.26 Å². The van der Waals surface area contributed by atoms with E-state index >= 15 is 0 Å². The van der Waals surface area contributed by atoms with Crippen molar-refractivity contribution in [2.45, 2.75) is 49.9 Å². The zero-order valence-electron chi connectivity index (χ0n) is 18.5. The lowest BCUT2D eigenvalue weighted by molar-refractivity contribution is -0.00768. The molecule has 7 nitrogen and oxygen atoms in total. The first kappa shape index (κ1) is 19.5. The third-order valence-corrected chi connectivity index (χ3v) is 8.21. The van der Waals surface area contributed by atoms with Gasteiger partial charge in [-0.05, 0) is 74.0 Å². The first-order chi connectivity index (χ1) is 15.5. The Morgan fingerprint density at radius 3 is 2.19 bits per heavy atom. The predicted octanol–water partition coefficient (Wildman–Crippen LogP) is 4.11. The summed E-state index contributed by atoms with van der Waals surface area (Å²) in [6.07, 6.45) is 7.63. The molecule has 1 atom stereocenters. The molecule has 1 aliphatic heterocycles. The molecule has 32 heavy (non-hydrogen) atoms. The molecule has 0 spiro atoms. The van der Waals surface area contributed by atoms with Crippen molar-refractivity contribution < 1.29 is 14.2 Å². The van der Waals surface area contributed by atoms with Crippen molar-refractivity contribution in [2.75, 3.05) is 14.2 Å². The van der Waals surface area contributed by atoms with Gasteiger partial charge in [-0.25, -0.2) is 0 Å². The van der Waals surface area contributed by atoms with E-state index in [4.69, 9.17) is 19.9 Å². The molecule has 0 radical (unpaired) electrons. The van der Waals surface area contributed by atoms with E-state index in [0.29, 0.717) is 23.0 Å². The van der Waals surface area contributed by atoms with Gasteiger partial charge in [0.05, 0.1) is 25.7 Å². The van der Waals surface area contributed by atoms with Crippen molar-refractivity contribution in [3.8, 4) is 23.4 Å². The van der Waals surface area contributed by atoms with E-state index in [1.807, 2.05) is 18.2 Å². The second kappa shape index (κ2) is 6.93. The number of nitrogens with one attached hydrogen (secondary N) is 1. The van der Waals surface area contributed by atoms with Crippen LogP contribution < -0.4 is 19.9 Å². The summed E-state index contributed by atoms with van der Waals surface area (Å²) in [5.74, 6) is 3.92. The third-order valence-electron chi connectivity index (χ3n) is 8.21. The molecular weight excluding hydrogens is 404 g/mol. The number of ether oxygens (including phenoxy) is 3. The lowest BCUT2D eigenvalue weighted by Crippen LogP contribution is -2.49. The van der Waals surface area contributed by atoms with Gasteiger partial charge in [0, 0.05) is 17.2 Å². The van der Waals surface area contributed by atoms with E-state index in [0.717, 1.165) is 34.6 Å². The lowest BCUT2D eigenvalue weighted by atomic mass is 9.48. The molecule has 2 aromatic rings. The number of nitrogens with zero attached hydrogens (tertiary/aromatic N) is 2. The zero-order chi connectivity index (χ0) is 22.0. The number of fused-ring (bicyclic) bond motifs is 1. The van der Waals surface area contributed by atoms with Crippen LogP contribution in [0.2, 0.25) is 0 Å². The van der Waals surface area contributed by atoms with Crippen molar-refractivity contribution in [2.24, 2.45) is 23.5 Å². The van der Waals surface area contributed by atoms with Crippen LogP contribution in [0.25, 0.3) is 0 Å². The minimum atomic E-state index is -0.380. The maximum absolute atomic E-state index is 10.1. The average molecular weight is 433 g/mol. The quantitative estimate of drug-likeness (QED) is 0.753. The predicted molar refractivity (Wildman–Crippen MR) is 117 cm³/mol. The van der Waals surface area contributed by atoms with E-state index in [9.17, 15) is 5.26 Å². The monoisotopic (exact) mass is 432 g/mol. The summed E-state index contributed by atoms with van der Waals surface area (Å²) in [5.41, 5.74) is 9.66. The molecule has 1 unspecified atom stereocenters. The molecule has 0 amide bonds. The summed E-state index contributed by atoms with van der Waals surface area (Å²) in [6, 6.07) is 8.04. The van der Waals surface area contributed by atoms with Crippen LogP contribution in [0.1, 0.15) is 61.3 Å². The summed E-state index contributed by atoms with van der Waals surface area (Å²) < 4.78 is 16.9. The average Bonchev–Trinajstić information content (AvgIpc) is 3.21. The smallest absolute Gasteiger partial charge is 0.244 e. The van der Waals surface area contributed by atoms with Crippen LogP contribution in [-0.2, 0) is 5.41 Å². The number of H-pyrrole nitrogens is 1. The molecule has 2 heterocycles. The van der Waals surface area contributed by atoms with Gasteiger partial charge in [0.15, 0.2) is 0 Å². The van der Waals surface area contributed by atoms with E-state index in [-0.39, 0.29) is 17.2 Å². The Kier molecular flexibility index (Phi) is 4.23. The van der Waals surface area contributed by atoms with Gasteiger partial charge in [0.25, 0.3) is 0 Å². The number of methoxy groups -OCH3 is 2. The number of nitriles is 1. The van der Waals surface area contributed by atoms with Crippen LogP contribution in [0.15, 0.2) is 29.7 Å². The van der Waals surface area contributed by atoms with E-state index in [1.54, 1.807) is 14.2 Å². The first-order valence-corrected chi connectivity index (χ1v) is 11.4. The standard InChI is InChI=1S/C25H28N4O3/c1-30-17-6-16(7-18(8-17)31-2)20-19(12-26)23(27)32-24-21(20)22(28-29-24)25-9-13-3-14(10-25)5-15(4-13)11-25/h6-8,13-15,20H,3-5,9-11,27H2,1-2H3,(H,28,29). The van der Waals surface area contributed by atoms with Crippen molar-refractivity contribution >= 4 is 0 Å². The molecule has 1 aromatic heterocycles. The molecule has 3 N–H and O–H groups in total. The molecule has 0 saturated heterocycles. The van der Waals surface area contributed by atoms with Crippen molar-refractivity contribution in [3.63, 3.8) is 0 Å². The van der Waals surface area contributed by atoms with Crippen LogP contribution in [0.5, 0.6) is 17.4 Å². The molecule has 4 fully saturated rings. The lowest BCUT2D eigenvalue weighted by Gasteiger charge is -2.56. The Hall–Kier alpha value is -3.14. The Bertz CT molecular complexity index is 1100. The Labute approximate surface area is 187 Å². The maximum atomic E-state index is 10.1. The largest absolute Gasteiger partial charge is 0.497 e. The van der Waals surface area contributed by atoms with Crippen molar-refractivity contribution in [1.82, 2.24) is 10.2 Å². The second-order valence-corrected chi connectivity index (χ2v) is 10.1. The Morgan fingerprint density at radius 1 is 1.06 bits per heavy atom. The summed E-state index contributed by atoms with van der Waals surface area (Å²) in [4.78, 5) is 0. The van der Waals surface area contributed by atoms with Gasteiger partial charge in [-0.3, -0.25) is 5.10 Å².